The van der Waals surface area contributed by atoms with Crippen molar-refractivity contribution in [2.75, 3.05) is 0 Å². The number of carboxylic acids is 1. The molecule has 0 saturated carbocycles. The first kappa shape index (κ1) is 10.8. The smallest absolute Gasteiger partial charge is 0.344 e. The summed E-state index contributed by atoms with van der Waals surface area (Å²) in [5.74, 6) is -1.52. The third-order valence-corrected chi connectivity index (χ3v) is 2.89. The van der Waals surface area contributed by atoms with Crippen LogP contribution < -0.4 is 4.74 Å². The summed E-state index contributed by atoms with van der Waals surface area (Å²) < 4.78 is 19.0. The van der Waals surface area contributed by atoms with Gasteiger partial charge in [0.05, 0.1) is 4.70 Å². The Hall–Kier alpha value is -1.69. The topological polar surface area (TPSA) is 59.4 Å². The van der Waals surface area contributed by atoms with Crippen LogP contribution in [-0.4, -0.2) is 22.2 Å². The summed E-state index contributed by atoms with van der Waals surface area (Å²) in [6.07, 6.45) is -0.997. The standard InChI is InChI=1S/C10H8FNO3S/c1-5(9(13)14)15-10-12-8-6(11)3-2-4-7(8)16-10/h2-5H,1H3,(H,13,14). The van der Waals surface area contributed by atoms with Crippen LogP contribution in [-0.2, 0) is 4.79 Å². The van der Waals surface area contributed by atoms with Crippen LogP contribution in [0.2, 0.25) is 0 Å². The number of carbonyl (C=O) groups is 1. The molecule has 84 valence electrons. The highest BCUT2D eigenvalue weighted by atomic mass is 32.1. The first-order chi connectivity index (χ1) is 7.58. The zero-order chi connectivity index (χ0) is 11.7. The van der Waals surface area contributed by atoms with Crippen molar-refractivity contribution in [2.24, 2.45) is 0 Å². The molecular formula is C10H8FNO3S. The molecule has 0 fully saturated rings. The van der Waals surface area contributed by atoms with Gasteiger partial charge >= 0.3 is 5.97 Å². The molecule has 0 saturated heterocycles. The molecule has 0 radical (unpaired) electrons. The maximum absolute atomic E-state index is 13.3. The molecule has 0 aliphatic carbocycles. The Labute approximate surface area is 94.3 Å². The fraction of sp³-hybridized carbons (Fsp3) is 0.200. The molecule has 1 aromatic carbocycles. The highest BCUT2D eigenvalue weighted by molar-refractivity contribution is 7.20. The van der Waals surface area contributed by atoms with E-state index in [-0.39, 0.29) is 10.7 Å². The summed E-state index contributed by atoms with van der Waals surface area (Å²) >= 11 is 1.12. The molecule has 2 aromatic rings. The van der Waals surface area contributed by atoms with E-state index < -0.39 is 17.9 Å². The van der Waals surface area contributed by atoms with Gasteiger partial charge in [-0.05, 0) is 19.1 Å². The number of nitrogens with zero attached hydrogens (tertiary/aromatic N) is 1. The average Bonchev–Trinajstić information content (AvgIpc) is 2.61. The molecule has 1 N–H and O–H groups in total. The molecule has 0 amide bonds. The maximum Gasteiger partial charge on any atom is 0.344 e. The number of aliphatic carboxylic acids is 1. The number of rotatable bonds is 3. The molecule has 0 aliphatic rings. The number of hydrogen-bond donors (Lipinski definition) is 1. The van der Waals surface area contributed by atoms with Gasteiger partial charge in [0.15, 0.2) is 6.10 Å². The van der Waals surface area contributed by atoms with E-state index in [4.69, 9.17) is 9.84 Å². The number of fused-ring (bicyclic) bond motifs is 1. The highest BCUT2D eigenvalue weighted by Gasteiger charge is 2.16. The predicted molar refractivity (Wildman–Crippen MR) is 57.3 cm³/mol. The lowest BCUT2D eigenvalue weighted by molar-refractivity contribution is -0.144. The molecule has 1 aromatic heterocycles. The Balaban J connectivity index is 2.33. The molecule has 1 atom stereocenters. The van der Waals surface area contributed by atoms with E-state index in [9.17, 15) is 9.18 Å². The number of benzene rings is 1. The van der Waals surface area contributed by atoms with Crippen molar-refractivity contribution in [3.63, 3.8) is 0 Å². The Bertz CT molecular complexity index is 540. The van der Waals surface area contributed by atoms with E-state index >= 15 is 0 Å². The minimum Gasteiger partial charge on any atom is -0.479 e. The number of aromatic nitrogens is 1. The van der Waals surface area contributed by atoms with Gasteiger partial charge in [-0.2, -0.15) is 4.98 Å². The van der Waals surface area contributed by atoms with Crippen molar-refractivity contribution in [2.45, 2.75) is 13.0 Å². The van der Waals surface area contributed by atoms with Crippen LogP contribution >= 0.6 is 11.3 Å². The zero-order valence-electron chi connectivity index (χ0n) is 8.31. The summed E-state index contributed by atoms with van der Waals surface area (Å²) in [4.78, 5) is 14.5. The maximum atomic E-state index is 13.3. The normalized spacial score (nSPS) is 12.6. The lowest BCUT2D eigenvalue weighted by Gasteiger charge is -2.05. The minimum absolute atomic E-state index is 0.162. The second-order valence-electron chi connectivity index (χ2n) is 3.16. The number of halogens is 1. The van der Waals surface area contributed by atoms with Gasteiger partial charge in [0.1, 0.15) is 11.3 Å². The van der Waals surface area contributed by atoms with Crippen molar-refractivity contribution < 1.29 is 19.0 Å². The number of ether oxygens (including phenoxy) is 1. The third-order valence-electron chi connectivity index (χ3n) is 1.98. The predicted octanol–water partition coefficient (Wildman–Crippen LogP) is 2.29. The molecule has 0 aliphatic heterocycles. The number of para-hydroxylation sites is 1. The van der Waals surface area contributed by atoms with E-state index in [2.05, 4.69) is 4.98 Å². The first-order valence-corrected chi connectivity index (χ1v) is 5.34. The monoisotopic (exact) mass is 241 g/mol. The van der Waals surface area contributed by atoms with Crippen LogP contribution in [0.3, 0.4) is 0 Å². The van der Waals surface area contributed by atoms with Crippen LogP contribution in [0.25, 0.3) is 10.2 Å². The molecule has 1 heterocycles. The quantitative estimate of drug-likeness (QED) is 0.895. The summed E-state index contributed by atoms with van der Waals surface area (Å²) in [6.45, 7) is 1.39. The molecule has 0 spiro atoms. The third kappa shape index (κ3) is 1.96. The molecule has 6 heteroatoms. The van der Waals surface area contributed by atoms with Crippen molar-refractivity contribution >= 4 is 27.5 Å². The van der Waals surface area contributed by atoms with E-state index in [0.717, 1.165) is 11.3 Å². The lowest BCUT2D eigenvalue weighted by Crippen LogP contribution is -2.22. The van der Waals surface area contributed by atoms with Crippen molar-refractivity contribution in [1.29, 1.82) is 0 Å². The lowest BCUT2D eigenvalue weighted by atomic mass is 10.3. The Morgan fingerprint density at radius 1 is 1.62 bits per heavy atom. The van der Waals surface area contributed by atoms with Crippen LogP contribution in [0.15, 0.2) is 18.2 Å². The Morgan fingerprint density at radius 3 is 3.00 bits per heavy atom. The Kier molecular flexibility index (Phi) is 2.74. The van der Waals surface area contributed by atoms with E-state index in [1.807, 2.05) is 0 Å². The number of hydrogen-bond acceptors (Lipinski definition) is 4. The van der Waals surface area contributed by atoms with Crippen molar-refractivity contribution in [3.8, 4) is 5.19 Å². The van der Waals surface area contributed by atoms with Gasteiger partial charge in [-0.25, -0.2) is 9.18 Å². The molecule has 2 rings (SSSR count). The molecule has 4 nitrogen and oxygen atoms in total. The van der Waals surface area contributed by atoms with Crippen LogP contribution in [0, 0.1) is 5.82 Å². The van der Waals surface area contributed by atoms with Crippen molar-refractivity contribution in [1.82, 2.24) is 4.98 Å². The van der Waals surface area contributed by atoms with Crippen LogP contribution in [0.1, 0.15) is 6.92 Å². The Morgan fingerprint density at radius 2 is 2.38 bits per heavy atom. The van der Waals surface area contributed by atoms with E-state index in [0.29, 0.717) is 4.70 Å². The average molecular weight is 241 g/mol. The first-order valence-electron chi connectivity index (χ1n) is 4.52. The summed E-state index contributed by atoms with van der Waals surface area (Å²) in [6, 6.07) is 4.57. The van der Waals surface area contributed by atoms with Gasteiger partial charge in [0, 0.05) is 0 Å². The van der Waals surface area contributed by atoms with Crippen LogP contribution in [0.4, 0.5) is 4.39 Å². The SMILES string of the molecule is CC(Oc1nc2c(F)cccc2s1)C(=O)O. The molecule has 16 heavy (non-hydrogen) atoms. The fourth-order valence-electron chi connectivity index (χ4n) is 1.15. The minimum atomic E-state index is -1.08. The second kappa shape index (κ2) is 4.05. The van der Waals surface area contributed by atoms with Gasteiger partial charge in [-0.15, -0.1) is 0 Å². The molecule has 0 bridgehead atoms. The van der Waals surface area contributed by atoms with Gasteiger partial charge in [0.2, 0.25) is 0 Å². The molecular weight excluding hydrogens is 233 g/mol. The van der Waals surface area contributed by atoms with Gasteiger partial charge in [0.25, 0.3) is 5.19 Å². The second-order valence-corrected chi connectivity index (χ2v) is 4.16. The summed E-state index contributed by atoms with van der Waals surface area (Å²) in [7, 11) is 0. The van der Waals surface area contributed by atoms with Crippen LogP contribution in [0.5, 0.6) is 5.19 Å². The summed E-state index contributed by atoms with van der Waals surface area (Å²) in [5.41, 5.74) is 0.208. The highest BCUT2D eigenvalue weighted by Crippen LogP contribution is 2.29. The zero-order valence-corrected chi connectivity index (χ0v) is 9.12. The van der Waals surface area contributed by atoms with Gasteiger partial charge in [-0.1, -0.05) is 17.4 Å². The largest absolute Gasteiger partial charge is 0.479 e. The summed E-state index contributed by atoms with van der Waals surface area (Å²) in [5, 5.41) is 8.81. The van der Waals surface area contributed by atoms with Crippen molar-refractivity contribution in [3.05, 3.63) is 24.0 Å². The van der Waals surface area contributed by atoms with Gasteiger partial charge in [-0.3, -0.25) is 0 Å². The van der Waals surface area contributed by atoms with E-state index in [1.165, 1.54) is 13.0 Å². The van der Waals surface area contributed by atoms with E-state index in [1.54, 1.807) is 12.1 Å². The van der Waals surface area contributed by atoms with Gasteiger partial charge < -0.3 is 9.84 Å². The fourth-order valence-corrected chi connectivity index (χ4v) is 2.05. The number of carboxylic acid groups (broad SMARTS) is 1. The number of thiazole rings is 1. The molecule has 1 unspecified atom stereocenters.